The molecule has 3 nitrogen and oxygen atoms in total. The third-order valence-corrected chi connectivity index (χ3v) is 4.05. The maximum atomic E-state index is 5.71. The first kappa shape index (κ1) is 15.5. The fourth-order valence-electron chi connectivity index (χ4n) is 1.65. The number of benzene rings is 1. The third kappa shape index (κ3) is 5.23. The molecule has 2 aromatic rings. The van der Waals surface area contributed by atoms with Crippen LogP contribution in [-0.4, -0.2) is 11.5 Å². The van der Waals surface area contributed by atoms with E-state index in [1.807, 2.05) is 24.3 Å². The van der Waals surface area contributed by atoms with Gasteiger partial charge >= 0.3 is 0 Å². The molecule has 1 heterocycles. The van der Waals surface area contributed by atoms with Crippen molar-refractivity contribution in [3.8, 4) is 5.75 Å². The molecule has 5 heteroatoms. The molecule has 0 atom stereocenters. The number of nitrogens with zero attached hydrogens (tertiary/aromatic N) is 1. The van der Waals surface area contributed by atoms with Crippen LogP contribution in [0.3, 0.4) is 0 Å². The van der Waals surface area contributed by atoms with Gasteiger partial charge in [-0.05, 0) is 36.7 Å². The lowest BCUT2D eigenvalue weighted by Gasteiger charge is -2.05. The molecule has 0 bridgehead atoms. The lowest BCUT2D eigenvalue weighted by Crippen LogP contribution is -2.18. The first-order valence-electron chi connectivity index (χ1n) is 6.66. The number of ether oxygens (including phenoxy) is 1. The number of halogens is 1. The summed E-state index contributed by atoms with van der Waals surface area (Å²) in [5.74, 6) is 1.52. The highest BCUT2D eigenvalue weighted by molar-refractivity contribution is 9.10. The van der Waals surface area contributed by atoms with E-state index in [0.717, 1.165) is 34.0 Å². The van der Waals surface area contributed by atoms with Gasteiger partial charge in [0.25, 0.3) is 0 Å². The van der Waals surface area contributed by atoms with Crippen LogP contribution in [0.2, 0.25) is 0 Å². The van der Waals surface area contributed by atoms with Gasteiger partial charge < -0.3 is 10.1 Å². The molecule has 20 heavy (non-hydrogen) atoms. The molecular weight excluding hydrogens is 336 g/mol. The Hall–Kier alpha value is -0.910. The number of hydrogen-bond donors (Lipinski definition) is 1. The second-order valence-electron chi connectivity index (χ2n) is 5.00. The molecule has 1 N–H and O–H groups in total. The van der Waals surface area contributed by atoms with E-state index in [1.165, 1.54) is 0 Å². The molecule has 0 aliphatic heterocycles. The van der Waals surface area contributed by atoms with E-state index >= 15 is 0 Å². The Morgan fingerprint density at radius 3 is 2.75 bits per heavy atom. The van der Waals surface area contributed by atoms with Crippen LogP contribution in [0, 0.1) is 5.92 Å². The molecule has 0 fully saturated rings. The standard InChI is InChI=1S/C15H19BrN2OS/c1-11(2)7-17-8-15-18-13(10-20-15)9-19-14-5-3-12(16)4-6-14/h3-6,10-11,17H,7-9H2,1-2H3. The SMILES string of the molecule is CC(C)CNCc1nc(COc2ccc(Br)cc2)cs1. The molecule has 108 valence electrons. The Morgan fingerprint density at radius 2 is 2.05 bits per heavy atom. The normalized spacial score (nSPS) is 11.0. The molecule has 2 rings (SSSR count). The first-order valence-corrected chi connectivity index (χ1v) is 8.33. The molecule has 0 aliphatic rings. The summed E-state index contributed by atoms with van der Waals surface area (Å²) in [6.07, 6.45) is 0. The Kier molecular flexibility index (Phi) is 6.01. The number of rotatable bonds is 7. The van der Waals surface area contributed by atoms with Gasteiger partial charge in [0.2, 0.25) is 0 Å². The van der Waals surface area contributed by atoms with E-state index in [4.69, 9.17) is 4.74 Å². The summed E-state index contributed by atoms with van der Waals surface area (Å²) in [7, 11) is 0. The Labute approximate surface area is 132 Å². The van der Waals surface area contributed by atoms with Crippen molar-refractivity contribution in [1.82, 2.24) is 10.3 Å². The van der Waals surface area contributed by atoms with Gasteiger partial charge in [0.15, 0.2) is 0 Å². The highest BCUT2D eigenvalue weighted by atomic mass is 79.9. The van der Waals surface area contributed by atoms with Crippen LogP contribution in [-0.2, 0) is 13.2 Å². The minimum Gasteiger partial charge on any atom is -0.487 e. The third-order valence-electron chi connectivity index (χ3n) is 2.63. The average Bonchev–Trinajstić information content (AvgIpc) is 2.86. The Morgan fingerprint density at radius 1 is 1.30 bits per heavy atom. The topological polar surface area (TPSA) is 34.2 Å². The van der Waals surface area contributed by atoms with Gasteiger partial charge in [0, 0.05) is 16.4 Å². The van der Waals surface area contributed by atoms with Crippen molar-refractivity contribution in [2.75, 3.05) is 6.54 Å². The van der Waals surface area contributed by atoms with E-state index in [-0.39, 0.29) is 0 Å². The predicted molar refractivity (Wildman–Crippen MR) is 87.1 cm³/mol. The van der Waals surface area contributed by atoms with E-state index in [9.17, 15) is 0 Å². The average molecular weight is 355 g/mol. The van der Waals surface area contributed by atoms with Crippen LogP contribution in [0.1, 0.15) is 24.5 Å². The summed E-state index contributed by atoms with van der Waals surface area (Å²) < 4.78 is 6.76. The number of nitrogens with one attached hydrogen (secondary N) is 1. The van der Waals surface area contributed by atoms with Crippen LogP contribution in [0.15, 0.2) is 34.1 Å². The summed E-state index contributed by atoms with van der Waals surface area (Å²) in [4.78, 5) is 4.56. The van der Waals surface area contributed by atoms with Crippen LogP contribution in [0.4, 0.5) is 0 Å². The Balaban J connectivity index is 1.79. The molecule has 0 saturated carbocycles. The monoisotopic (exact) mass is 354 g/mol. The van der Waals surface area contributed by atoms with E-state index in [0.29, 0.717) is 12.5 Å². The maximum Gasteiger partial charge on any atom is 0.131 e. The molecule has 0 unspecified atom stereocenters. The summed E-state index contributed by atoms with van der Waals surface area (Å²) in [5, 5.41) is 6.57. The molecule has 0 aliphatic carbocycles. The second-order valence-corrected chi connectivity index (χ2v) is 6.86. The van der Waals surface area contributed by atoms with Gasteiger partial charge in [-0.1, -0.05) is 29.8 Å². The largest absolute Gasteiger partial charge is 0.487 e. The molecule has 1 aromatic heterocycles. The van der Waals surface area contributed by atoms with Crippen molar-refractivity contribution in [1.29, 1.82) is 0 Å². The van der Waals surface area contributed by atoms with E-state index in [1.54, 1.807) is 11.3 Å². The fraction of sp³-hybridized carbons (Fsp3) is 0.400. The molecule has 0 saturated heterocycles. The highest BCUT2D eigenvalue weighted by Crippen LogP contribution is 2.18. The lowest BCUT2D eigenvalue weighted by molar-refractivity contribution is 0.302. The lowest BCUT2D eigenvalue weighted by atomic mass is 10.2. The first-order chi connectivity index (χ1) is 9.63. The van der Waals surface area contributed by atoms with Gasteiger partial charge in [0.1, 0.15) is 17.4 Å². The van der Waals surface area contributed by atoms with Crippen molar-refractivity contribution >= 4 is 27.3 Å². The summed E-state index contributed by atoms with van der Waals surface area (Å²) in [5.41, 5.74) is 0.985. The van der Waals surface area contributed by atoms with Crippen molar-refractivity contribution in [3.05, 3.63) is 44.8 Å². The zero-order valence-corrected chi connectivity index (χ0v) is 14.1. The Bertz CT molecular complexity index is 525. The molecular formula is C15H19BrN2OS. The molecule has 1 aromatic carbocycles. The molecule has 0 radical (unpaired) electrons. The van der Waals surface area contributed by atoms with E-state index < -0.39 is 0 Å². The van der Waals surface area contributed by atoms with Crippen LogP contribution < -0.4 is 10.1 Å². The highest BCUT2D eigenvalue weighted by Gasteiger charge is 2.03. The van der Waals surface area contributed by atoms with Gasteiger partial charge in [0.05, 0.1) is 5.69 Å². The van der Waals surface area contributed by atoms with Crippen LogP contribution in [0.25, 0.3) is 0 Å². The number of hydrogen-bond acceptors (Lipinski definition) is 4. The maximum absolute atomic E-state index is 5.71. The van der Waals surface area contributed by atoms with Crippen molar-refractivity contribution in [2.24, 2.45) is 5.92 Å². The quantitative estimate of drug-likeness (QED) is 0.807. The van der Waals surface area contributed by atoms with Crippen LogP contribution in [0.5, 0.6) is 5.75 Å². The molecule has 0 spiro atoms. The van der Waals surface area contributed by atoms with Crippen molar-refractivity contribution < 1.29 is 4.74 Å². The molecule has 0 amide bonds. The smallest absolute Gasteiger partial charge is 0.131 e. The zero-order valence-electron chi connectivity index (χ0n) is 11.7. The van der Waals surface area contributed by atoms with E-state index in [2.05, 4.69) is 45.5 Å². The number of aromatic nitrogens is 1. The van der Waals surface area contributed by atoms with Gasteiger partial charge in [-0.2, -0.15) is 0 Å². The predicted octanol–water partition coefficient (Wildman–Crippen LogP) is 4.23. The van der Waals surface area contributed by atoms with Gasteiger partial charge in [-0.25, -0.2) is 4.98 Å². The second kappa shape index (κ2) is 7.76. The van der Waals surface area contributed by atoms with Crippen molar-refractivity contribution in [3.63, 3.8) is 0 Å². The minimum atomic E-state index is 0.516. The van der Waals surface area contributed by atoms with Crippen molar-refractivity contribution in [2.45, 2.75) is 27.0 Å². The summed E-state index contributed by atoms with van der Waals surface area (Å²) in [6.45, 7) is 6.77. The minimum absolute atomic E-state index is 0.516. The van der Waals surface area contributed by atoms with Gasteiger partial charge in [-0.3, -0.25) is 0 Å². The van der Waals surface area contributed by atoms with Crippen LogP contribution >= 0.6 is 27.3 Å². The number of thiazole rings is 1. The van der Waals surface area contributed by atoms with Gasteiger partial charge in [-0.15, -0.1) is 11.3 Å². The zero-order chi connectivity index (χ0) is 14.4. The fourth-order valence-corrected chi connectivity index (χ4v) is 2.66. The summed E-state index contributed by atoms with van der Waals surface area (Å²) >= 11 is 5.08. The summed E-state index contributed by atoms with van der Waals surface area (Å²) in [6, 6.07) is 7.83.